The number of aromatic nitrogens is 2. The van der Waals surface area contributed by atoms with Gasteiger partial charge in [-0.2, -0.15) is 0 Å². The van der Waals surface area contributed by atoms with Crippen LogP contribution in [0.3, 0.4) is 0 Å². The number of benzene rings is 1. The molecule has 0 aliphatic carbocycles. The summed E-state index contributed by atoms with van der Waals surface area (Å²) in [6.45, 7) is 4.67. The van der Waals surface area contributed by atoms with Gasteiger partial charge in [0.25, 0.3) is 5.56 Å². The fraction of sp³-hybridized carbons (Fsp3) is 0.227. The van der Waals surface area contributed by atoms with Crippen molar-refractivity contribution >= 4 is 67.8 Å². The third-order valence-corrected chi connectivity index (χ3v) is 7.46. The Morgan fingerprint density at radius 3 is 2.68 bits per heavy atom. The number of anilines is 1. The van der Waals surface area contributed by atoms with Crippen molar-refractivity contribution in [1.82, 2.24) is 9.55 Å². The van der Waals surface area contributed by atoms with Gasteiger partial charge in [-0.15, -0.1) is 22.7 Å². The molecule has 3 aromatic heterocycles. The summed E-state index contributed by atoms with van der Waals surface area (Å²) < 4.78 is 1.71. The summed E-state index contributed by atoms with van der Waals surface area (Å²) in [5.74, 6) is 0.258. The van der Waals surface area contributed by atoms with E-state index in [1.54, 1.807) is 40.2 Å². The van der Waals surface area contributed by atoms with Gasteiger partial charge in [0.1, 0.15) is 4.83 Å². The monoisotopic (exact) mass is 489 g/mol. The zero-order valence-corrected chi connectivity index (χ0v) is 20.1. The van der Waals surface area contributed by atoms with Crippen LogP contribution in [0.15, 0.2) is 57.1 Å². The molecule has 0 unspecified atom stereocenters. The van der Waals surface area contributed by atoms with Crippen molar-refractivity contribution in [2.75, 3.05) is 11.1 Å². The van der Waals surface area contributed by atoms with Crippen molar-refractivity contribution in [2.45, 2.75) is 25.5 Å². The van der Waals surface area contributed by atoms with Gasteiger partial charge in [0, 0.05) is 33.1 Å². The van der Waals surface area contributed by atoms with Crippen molar-refractivity contribution in [3.63, 3.8) is 0 Å². The Labute approximate surface area is 197 Å². The lowest BCUT2D eigenvalue weighted by Gasteiger charge is -2.14. The van der Waals surface area contributed by atoms with Crippen LogP contribution in [0.2, 0.25) is 5.02 Å². The Bertz CT molecular complexity index is 1260. The number of hydrogen-bond donors (Lipinski definition) is 1. The van der Waals surface area contributed by atoms with Crippen LogP contribution in [0.4, 0.5) is 5.69 Å². The predicted octanol–water partition coefficient (Wildman–Crippen LogP) is 6.23. The van der Waals surface area contributed by atoms with E-state index in [1.165, 1.54) is 23.1 Å². The minimum atomic E-state index is -0.164. The van der Waals surface area contributed by atoms with E-state index >= 15 is 0 Å². The predicted molar refractivity (Wildman–Crippen MR) is 133 cm³/mol. The molecule has 1 amide bonds. The average Bonchev–Trinajstić information content (AvgIpc) is 3.40. The minimum Gasteiger partial charge on any atom is -0.325 e. The van der Waals surface area contributed by atoms with Crippen LogP contribution < -0.4 is 10.9 Å². The second-order valence-corrected chi connectivity index (χ2v) is 10.5. The second kappa shape index (κ2) is 9.56. The quantitative estimate of drug-likeness (QED) is 0.247. The highest BCUT2D eigenvalue weighted by Crippen LogP contribution is 2.34. The molecule has 0 radical (unpaired) electrons. The van der Waals surface area contributed by atoms with Gasteiger partial charge in [-0.3, -0.25) is 14.2 Å². The maximum absolute atomic E-state index is 13.4. The van der Waals surface area contributed by atoms with Crippen LogP contribution >= 0.6 is 46.0 Å². The maximum Gasteiger partial charge on any atom is 0.263 e. The Hall–Kier alpha value is -2.13. The average molecular weight is 490 g/mol. The van der Waals surface area contributed by atoms with E-state index in [1.807, 2.05) is 22.9 Å². The van der Waals surface area contributed by atoms with Gasteiger partial charge in [-0.25, -0.2) is 4.98 Å². The zero-order chi connectivity index (χ0) is 22.0. The van der Waals surface area contributed by atoms with Gasteiger partial charge < -0.3 is 5.32 Å². The SMILES string of the molecule is CC(C)Cn1c(SCC(=O)Nc2ccc(Cl)cc2)nc2scc(-c3cccs3)c2c1=O. The number of nitrogens with one attached hydrogen (secondary N) is 1. The van der Waals surface area contributed by atoms with E-state index in [9.17, 15) is 9.59 Å². The molecule has 0 aliphatic heterocycles. The van der Waals surface area contributed by atoms with E-state index in [-0.39, 0.29) is 23.1 Å². The molecule has 1 N–H and O–H groups in total. The first-order valence-corrected chi connectivity index (χ1v) is 12.8. The van der Waals surface area contributed by atoms with E-state index in [2.05, 4.69) is 19.2 Å². The number of thioether (sulfide) groups is 1. The van der Waals surface area contributed by atoms with Gasteiger partial charge in [0.2, 0.25) is 5.91 Å². The highest BCUT2D eigenvalue weighted by molar-refractivity contribution is 7.99. The first-order chi connectivity index (χ1) is 14.9. The molecule has 0 saturated heterocycles. The molecular formula is C22H20ClN3O2S3. The summed E-state index contributed by atoms with van der Waals surface area (Å²) in [6, 6.07) is 10.9. The van der Waals surface area contributed by atoms with Crippen LogP contribution in [0.25, 0.3) is 20.7 Å². The maximum atomic E-state index is 13.4. The van der Waals surface area contributed by atoms with E-state index < -0.39 is 0 Å². The number of halogens is 1. The molecule has 3 heterocycles. The topological polar surface area (TPSA) is 64.0 Å². The third-order valence-electron chi connectivity index (χ3n) is 4.45. The first kappa shape index (κ1) is 22.1. The molecule has 0 atom stereocenters. The summed E-state index contributed by atoms with van der Waals surface area (Å²) >= 11 is 10.2. The molecule has 4 aromatic rings. The van der Waals surface area contributed by atoms with Crippen LogP contribution in [0.5, 0.6) is 0 Å². The van der Waals surface area contributed by atoms with Crippen LogP contribution in [0.1, 0.15) is 13.8 Å². The largest absolute Gasteiger partial charge is 0.325 e. The third kappa shape index (κ3) is 5.03. The van der Waals surface area contributed by atoms with Crippen LogP contribution in [-0.2, 0) is 11.3 Å². The van der Waals surface area contributed by atoms with Crippen molar-refractivity contribution in [3.8, 4) is 10.4 Å². The van der Waals surface area contributed by atoms with Crippen molar-refractivity contribution < 1.29 is 4.79 Å². The number of fused-ring (bicyclic) bond motifs is 1. The number of thiophene rings is 2. The van der Waals surface area contributed by atoms with Gasteiger partial charge in [0.05, 0.1) is 11.1 Å². The Kier molecular flexibility index (Phi) is 6.81. The lowest BCUT2D eigenvalue weighted by atomic mass is 10.2. The number of rotatable bonds is 7. The number of carbonyl (C=O) groups excluding carboxylic acids is 1. The molecule has 9 heteroatoms. The molecule has 160 valence electrons. The fourth-order valence-corrected chi connectivity index (χ4v) is 5.85. The Morgan fingerprint density at radius 1 is 1.23 bits per heavy atom. The number of hydrogen-bond acceptors (Lipinski definition) is 6. The summed E-state index contributed by atoms with van der Waals surface area (Å²) in [6.07, 6.45) is 0. The second-order valence-electron chi connectivity index (χ2n) is 7.35. The van der Waals surface area contributed by atoms with Crippen LogP contribution in [-0.4, -0.2) is 21.2 Å². The molecule has 0 aliphatic rings. The van der Waals surface area contributed by atoms with Crippen molar-refractivity contribution in [1.29, 1.82) is 0 Å². The molecular weight excluding hydrogens is 470 g/mol. The van der Waals surface area contributed by atoms with E-state index in [0.29, 0.717) is 32.6 Å². The number of amides is 1. The summed E-state index contributed by atoms with van der Waals surface area (Å²) in [4.78, 5) is 32.4. The van der Waals surface area contributed by atoms with Crippen LogP contribution in [0, 0.1) is 5.92 Å². The molecule has 0 fully saturated rings. The first-order valence-electron chi connectivity index (χ1n) is 9.66. The standard InChI is InChI=1S/C22H20ClN3O2S3/c1-13(2)10-26-21(28)19-16(17-4-3-9-29-17)11-30-20(19)25-22(26)31-12-18(27)24-15-7-5-14(23)6-8-15/h3-9,11,13H,10,12H2,1-2H3,(H,24,27). The molecule has 0 spiro atoms. The molecule has 0 bridgehead atoms. The smallest absolute Gasteiger partial charge is 0.263 e. The van der Waals surface area contributed by atoms with Gasteiger partial charge in [-0.05, 0) is 41.6 Å². The summed E-state index contributed by atoms with van der Waals surface area (Å²) in [7, 11) is 0. The lowest BCUT2D eigenvalue weighted by molar-refractivity contribution is -0.113. The number of carbonyl (C=O) groups is 1. The van der Waals surface area contributed by atoms with Crippen molar-refractivity contribution in [3.05, 3.63) is 62.5 Å². The summed E-state index contributed by atoms with van der Waals surface area (Å²) in [5.41, 5.74) is 1.56. The van der Waals surface area contributed by atoms with E-state index in [4.69, 9.17) is 16.6 Å². The van der Waals surface area contributed by atoms with Crippen molar-refractivity contribution in [2.24, 2.45) is 5.92 Å². The highest BCUT2D eigenvalue weighted by atomic mass is 35.5. The Balaban J connectivity index is 1.62. The molecule has 31 heavy (non-hydrogen) atoms. The van der Waals surface area contributed by atoms with E-state index in [0.717, 1.165) is 10.4 Å². The highest BCUT2D eigenvalue weighted by Gasteiger charge is 2.19. The summed E-state index contributed by atoms with van der Waals surface area (Å²) in [5, 5.41) is 8.67. The normalized spacial score (nSPS) is 11.4. The fourth-order valence-electron chi connectivity index (χ4n) is 3.12. The molecule has 0 saturated carbocycles. The molecule has 4 rings (SSSR count). The molecule has 5 nitrogen and oxygen atoms in total. The number of nitrogens with zero attached hydrogens (tertiary/aromatic N) is 2. The van der Waals surface area contributed by atoms with Gasteiger partial charge in [0.15, 0.2) is 5.16 Å². The zero-order valence-electron chi connectivity index (χ0n) is 16.9. The van der Waals surface area contributed by atoms with Gasteiger partial charge in [-0.1, -0.05) is 43.3 Å². The lowest BCUT2D eigenvalue weighted by Crippen LogP contribution is -2.26. The molecule has 1 aromatic carbocycles. The Morgan fingerprint density at radius 2 is 2.00 bits per heavy atom. The minimum absolute atomic E-state index is 0.0519. The van der Waals surface area contributed by atoms with Gasteiger partial charge >= 0.3 is 0 Å².